The highest BCUT2D eigenvalue weighted by molar-refractivity contribution is 6.00. The van der Waals surface area contributed by atoms with E-state index in [9.17, 15) is 19.1 Å². The molecule has 0 radical (unpaired) electrons. The van der Waals surface area contributed by atoms with Gasteiger partial charge in [0.1, 0.15) is 5.82 Å². The molecule has 4 nitrogen and oxygen atoms in total. The van der Waals surface area contributed by atoms with E-state index in [0.717, 1.165) is 6.08 Å². The molecule has 2 aromatic carbocycles. The number of rotatable bonds is 4. The van der Waals surface area contributed by atoms with Crippen LogP contribution in [0.2, 0.25) is 0 Å². The number of aromatic nitrogens is 1. The molecule has 0 amide bonds. The Morgan fingerprint density at radius 3 is 2.27 bits per heavy atom. The third-order valence-electron chi connectivity index (χ3n) is 4.19. The van der Waals surface area contributed by atoms with Gasteiger partial charge in [-0.2, -0.15) is 0 Å². The van der Waals surface area contributed by atoms with E-state index < -0.39 is 5.97 Å². The molecule has 0 N–H and O–H groups in total. The fraction of sp³-hybridized carbons (Fsp3) is 0.143. The van der Waals surface area contributed by atoms with Gasteiger partial charge in [0, 0.05) is 17.0 Å². The van der Waals surface area contributed by atoms with Gasteiger partial charge in [0.05, 0.1) is 11.7 Å². The Labute approximate surface area is 149 Å². The first-order valence-electron chi connectivity index (χ1n) is 8.22. The SMILES string of the molecule is CC(C)n1c(/C=C/C(=O)[O-])c(-c2ccc(F)cc2)c2ccccc2c1=O. The lowest BCUT2D eigenvalue weighted by Gasteiger charge is -2.21. The highest BCUT2D eigenvalue weighted by Gasteiger charge is 2.18. The van der Waals surface area contributed by atoms with Crippen molar-refractivity contribution in [3.05, 3.63) is 76.5 Å². The highest BCUT2D eigenvalue weighted by atomic mass is 19.1. The normalized spacial score (nSPS) is 11.5. The molecule has 1 heterocycles. The molecule has 0 saturated carbocycles. The van der Waals surface area contributed by atoms with Crippen LogP contribution in [0.4, 0.5) is 4.39 Å². The van der Waals surface area contributed by atoms with Crippen molar-refractivity contribution < 1.29 is 14.3 Å². The minimum absolute atomic E-state index is 0.201. The third kappa shape index (κ3) is 3.16. The van der Waals surface area contributed by atoms with E-state index in [-0.39, 0.29) is 17.4 Å². The van der Waals surface area contributed by atoms with Crippen LogP contribution in [-0.4, -0.2) is 10.5 Å². The average Bonchev–Trinajstić information content (AvgIpc) is 2.61. The molecule has 132 valence electrons. The monoisotopic (exact) mass is 350 g/mol. The van der Waals surface area contributed by atoms with Gasteiger partial charge < -0.3 is 14.5 Å². The summed E-state index contributed by atoms with van der Waals surface area (Å²) in [5.41, 5.74) is 1.60. The first-order chi connectivity index (χ1) is 12.4. The summed E-state index contributed by atoms with van der Waals surface area (Å²) in [5, 5.41) is 12.2. The molecule has 1 aromatic heterocycles. The van der Waals surface area contributed by atoms with Crippen LogP contribution in [0.15, 0.2) is 59.4 Å². The number of nitrogens with zero attached hydrogens (tertiary/aromatic N) is 1. The predicted octanol–water partition coefficient (Wildman–Crippen LogP) is 3.15. The summed E-state index contributed by atoms with van der Waals surface area (Å²) in [4.78, 5) is 23.9. The molecule has 5 heteroatoms. The van der Waals surface area contributed by atoms with Crippen molar-refractivity contribution in [3.63, 3.8) is 0 Å². The number of carbonyl (C=O) groups is 1. The van der Waals surface area contributed by atoms with E-state index >= 15 is 0 Å². The van der Waals surface area contributed by atoms with E-state index in [4.69, 9.17) is 0 Å². The topological polar surface area (TPSA) is 62.1 Å². The van der Waals surface area contributed by atoms with Crippen LogP contribution in [0.25, 0.3) is 28.0 Å². The summed E-state index contributed by atoms with van der Waals surface area (Å²) < 4.78 is 14.9. The number of pyridine rings is 1. The van der Waals surface area contributed by atoms with Crippen molar-refractivity contribution in [2.45, 2.75) is 19.9 Å². The largest absolute Gasteiger partial charge is 0.545 e. The summed E-state index contributed by atoms with van der Waals surface area (Å²) in [7, 11) is 0. The van der Waals surface area contributed by atoms with Crippen LogP contribution < -0.4 is 10.7 Å². The molecule has 0 aliphatic carbocycles. The number of carbonyl (C=O) groups excluding carboxylic acids is 1. The van der Waals surface area contributed by atoms with Crippen molar-refractivity contribution in [2.24, 2.45) is 0 Å². The molecule has 0 unspecified atom stereocenters. The number of benzene rings is 2. The number of hydrogen-bond acceptors (Lipinski definition) is 3. The third-order valence-corrected chi connectivity index (χ3v) is 4.19. The molecule has 0 fully saturated rings. The summed E-state index contributed by atoms with van der Waals surface area (Å²) in [6.07, 6.45) is 2.26. The lowest BCUT2D eigenvalue weighted by molar-refractivity contribution is -0.297. The molecule has 0 aliphatic rings. The molecule has 0 bridgehead atoms. The molecule has 0 saturated heterocycles. The molecule has 0 spiro atoms. The Morgan fingerprint density at radius 1 is 1.08 bits per heavy atom. The van der Waals surface area contributed by atoms with Gasteiger partial charge >= 0.3 is 0 Å². The zero-order valence-corrected chi connectivity index (χ0v) is 14.4. The Kier molecular flexibility index (Phi) is 4.71. The van der Waals surface area contributed by atoms with Crippen molar-refractivity contribution in [3.8, 4) is 11.1 Å². The van der Waals surface area contributed by atoms with E-state index in [1.54, 1.807) is 41.0 Å². The Balaban J connectivity index is 2.51. The maximum absolute atomic E-state index is 13.4. The molecule has 26 heavy (non-hydrogen) atoms. The minimum Gasteiger partial charge on any atom is -0.545 e. The van der Waals surface area contributed by atoms with E-state index in [0.29, 0.717) is 27.6 Å². The number of carboxylic acid groups (broad SMARTS) is 1. The summed E-state index contributed by atoms with van der Waals surface area (Å²) in [6.45, 7) is 3.70. The fourth-order valence-corrected chi connectivity index (χ4v) is 3.13. The Hall–Kier alpha value is -3.21. The van der Waals surface area contributed by atoms with Crippen molar-refractivity contribution >= 4 is 22.8 Å². The van der Waals surface area contributed by atoms with Crippen molar-refractivity contribution in [1.29, 1.82) is 0 Å². The van der Waals surface area contributed by atoms with Crippen LogP contribution in [-0.2, 0) is 4.79 Å². The zero-order chi connectivity index (χ0) is 18.8. The molecule has 3 aromatic rings. The molecule has 3 rings (SSSR count). The van der Waals surface area contributed by atoms with Crippen LogP contribution in [0.5, 0.6) is 0 Å². The van der Waals surface area contributed by atoms with Gasteiger partial charge in [-0.1, -0.05) is 30.3 Å². The quantitative estimate of drug-likeness (QED) is 0.679. The van der Waals surface area contributed by atoms with Gasteiger partial charge in [0.25, 0.3) is 5.56 Å². The zero-order valence-electron chi connectivity index (χ0n) is 14.4. The van der Waals surface area contributed by atoms with Gasteiger partial charge in [0.15, 0.2) is 0 Å². The fourth-order valence-electron chi connectivity index (χ4n) is 3.13. The van der Waals surface area contributed by atoms with E-state index in [2.05, 4.69) is 0 Å². The Bertz CT molecular complexity index is 1060. The second-order valence-electron chi connectivity index (χ2n) is 6.23. The van der Waals surface area contributed by atoms with Crippen LogP contribution in [0.3, 0.4) is 0 Å². The lowest BCUT2D eigenvalue weighted by Crippen LogP contribution is -2.25. The smallest absolute Gasteiger partial charge is 0.259 e. The predicted molar refractivity (Wildman–Crippen MR) is 98.0 cm³/mol. The summed E-state index contributed by atoms with van der Waals surface area (Å²) >= 11 is 0. The van der Waals surface area contributed by atoms with Crippen LogP contribution >= 0.6 is 0 Å². The molecule has 0 aliphatic heterocycles. The maximum Gasteiger partial charge on any atom is 0.259 e. The van der Waals surface area contributed by atoms with Gasteiger partial charge in [0.2, 0.25) is 0 Å². The van der Waals surface area contributed by atoms with Crippen molar-refractivity contribution in [2.75, 3.05) is 0 Å². The number of fused-ring (bicyclic) bond motifs is 1. The Morgan fingerprint density at radius 2 is 1.69 bits per heavy atom. The van der Waals surface area contributed by atoms with Gasteiger partial charge in [-0.05, 0) is 55.1 Å². The second kappa shape index (κ2) is 6.96. The van der Waals surface area contributed by atoms with Crippen LogP contribution in [0, 0.1) is 5.82 Å². The summed E-state index contributed by atoms with van der Waals surface area (Å²) in [5.74, 6) is -1.73. The second-order valence-corrected chi connectivity index (χ2v) is 6.23. The van der Waals surface area contributed by atoms with Crippen molar-refractivity contribution in [1.82, 2.24) is 4.57 Å². The first-order valence-corrected chi connectivity index (χ1v) is 8.22. The maximum atomic E-state index is 13.4. The standard InChI is InChI=1S/C21H18FNO3/c1-13(2)23-18(11-12-19(24)25)20(14-7-9-15(22)10-8-14)16-5-3-4-6-17(16)21(23)26/h3-13H,1-2H3,(H,24,25)/p-1/b12-11+. The summed E-state index contributed by atoms with van der Waals surface area (Å²) in [6, 6.07) is 12.8. The van der Waals surface area contributed by atoms with Gasteiger partial charge in [-0.15, -0.1) is 0 Å². The number of halogens is 1. The average molecular weight is 350 g/mol. The van der Waals surface area contributed by atoms with E-state index in [1.807, 2.05) is 13.8 Å². The van der Waals surface area contributed by atoms with E-state index in [1.165, 1.54) is 18.2 Å². The molecule has 0 atom stereocenters. The minimum atomic E-state index is -1.36. The molecular formula is C21H17FNO3-. The van der Waals surface area contributed by atoms with Gasteiger partial charge in [-0.3, -0.25) is 4.79 Å². The number of carboxylic acids is 1. The van der Waals surface area contributed by atoms with Gasteiger partial charge in [-0.25, -0.2) is 4.39 Å². The highest BCUT2D eigenvalue weighted by Crippen LogP contribution is 2.32. The first kappa shape index (κ1) is 17.6. The number of aliphatic carboxylic acids is 1. The number of hydrogen-bond donors (Lipinski definition) is 0. The van der Waals surface area contributed by atoms with Crippen LogP contribution in [0.1, 0.15) is 25.6 Å². The lowest BCUT2D eigenvalue weighted by atomic mass is 9.96. The molecular weight excluding hydrogens is 333 g/mol.